The number of carbonyl (C=O) groups is 1. The molecule has 0 spiro atoms. The molecule has 1 aliphatic rings. The summed E-state index contributed by atoms with van der Waals surface area (Å²) >= 11 is 0. The van der Waals surface area contributed by atoms with Crippen molar-refractivity contribution in [3.05, 3.63) is 12.7 Å². The standard InChI is InChI=1S/C10H18N2O/c1-4-7(2)12-10(13)9-5-6-11-8(9)3/h4,7-9,11H,1,5-6H2,2-3H3,(H,12,13). The molecule has 0 aromatic carbocycles. The predicted molar refractivity (Wildman–Crippen MR) is 53.4 cm³/mol. The van der Waals surface area contributed by atoms with E-state index in [9.17, 15) is 4.79 Å². The summed E-state index contributed by atoms with van der Waals surface area (Å²) in [6.07, 6.45) is 2.68. The lowest BCUT2D eigenvalue weighted by molar-refractivity contribution is -0.125. The van der Waals surface area contributed by atoms with Crippen LogP contribution in [0.25, 0.3) is 0 Å². The van der Waals surface area contributed by atoms with Crippen molar-refractivity contribution in [2.24, 2.45) is 5.92 Å². The highest BCUT2D eigenvalue weighted by Crippen LogP contribution is 2.15. The maximum atomic E-state index is 11.6. The Kier molecular flexibility index (Phi) is 3.48. The van der Waals surface area contributed by atoms with Crippen LogP contribution in [0.15, 0.2) is 12.7 Å². The molecule has 0 aromatic rings. The predicted octanol–water partition coefficient (Wildman–Crippen LogP) is 0.675. The molecule has 2 N–H and O–H groups in total. The largest absolute Gasteiger partial charge is 0.350 e. The molecule has 0 saturated carbocycles. The Balaban J connectivity index is 2.42. The van der Waals surface area contributed by atoms with Gasteiger partial charge in [0, 0.05) is 12.1 Å². The van der Waals surface area contributed by atoms with Crippen molar-refractivity contribution in [2.45, 2.75) is 32.4 Å². The van der Waals surface area contributed by atoms with Crippen LogP contribution in [0.2, 0.25) is 0 Å². The first kappa shape index (κ1) is 10.3. The van der Waals surface area contributed by atoms with Crippen molar-refractivity contribution in [2.75, 3.05) is 6.54 Å². The summed E-state index contributed by atoms with van der Waals surface area (Å²) in [4.78, 5) is 11.6. The van der Waals surface area contributed by atoms with Gasteiger partial charge in [0.2, 0.25) is 5.91 Å². The average molecular weight is 182 g/mol. The van der Waals surface area contributed by atoms with E-state index in [1.54, 1.807) is 6.08 Å². The molecule has 0 bridgehead atoms. The number of carbonyl (C=O) groups excluding carboxylic acids is 1. The Morgan fingerprint density at radius 1 is 1.77 bits per heavy atom. The minimum atomic E-state index is 0.0697. The second-order valence-corrected chi connectivity index (χ2v) is 3.67. The van der Waals surface area contributed by atoms with Gasteiger partial charge in [-0.05, 0) is 26.8 Å². The Morgan fingerprint density at radius 2 is 2.46 bits per heavy atom. The molecule has 3 unspecified atom stereocenters. The first-order valence-electron chi connectivity index (χ1n) is 4.81. The molecule has 3 atom stereocenters. The third-order valence-electron chi connectivity index (χ3n) is 2.59. The third-order valence-corrected chi connectivity index (χ3v) is 2.59. The Morgan fingerprint density at radius 3 is 2.92 bits per heavy atom. The van der Waals surface area contributed by atoms with Gasteiger partial charge in [-0.2, -0.15) is 0 Å². The molecule has 3 nitrogen and oxygen atoms in total. The summed E-state index contributed by atoms with van der Waals surface area (Å²) in [6.45, 7) is 8.56. The van der Waals surface area contributed by atoms with Crippen molar-refractivity contribution in [3.8, 4) is 0 Å². The Bertz CT molecular complexity index is 203. The van der Waals surface area contributed by atoms with Crippen molar-refractivity contribution < 1.29 is 4.79 Å². The van der Waals surface area contributed by atoms with Gasteiger partial charge >= 0.3 is 0 Å². The van der Waals surface area contributed by atoms with E-state index in [1.807, 2.05) is 6.92 Å². The summed E-state index contributed by atoms with van der Waals surface area (Å²) in [6, 6.07) is 0.373. The van der Waals surface area contributed by atoms with E-state index >= 15 is 0 Å². The lowest BCUT2D eigenvalue weighted by Crippen LogP contribution is -2.40. The van der Waals surface area contributed by atoms with E-state index in [2.05, 4.69) is 24.1 Å². The molecule has 3 heteroatoms. The molecule has 0 aromatic heterocycles. The van der Waals surface area contributed by atoms with Gasteiger partial charge < -0.3 is 10.6 Å². The maximum Gasteiger partial charge on any atom is 0.225 e. The minimum Gasteiger partial charge on any atom is -0.350 e. The van der Waals surface area contributed by atoms with Gasteiger partial charge in [-0.15, -0.1) is 6.58 Å². The quantitative estimate of drug-likeness (QED) is 0.630. The van der Waals surface area contributed by atoms with Crippen LogP contribution in [0.1, 0.15) is 20.3 Å². The normalized spacial score (nSPS) is 29.7. The van der Waals surface area contributed by atoms with Gasteiger partial charge in [-0.25, -0.2) is 0 Å². The molecule has 1 saturated heterocycles. The molecule has 1 aliphatic heterocycles. The Hall–Kier alpha value is -0.830. The molecule has 0 aliphatic carbocycles. The number of rotatable bonds is 3. The van der Waals surface area contributed by atoms with Gasteiger partial charge in [0.05, 0.1) is 5.92 Å². The number of hydrogen-bond donors (Lipinski definition) is 2. The third kappa shape index (κ3) is 2.56. The molecule has 13 heavy (non-hydrogen) atoms. The van der Waals surface area contributed by atoms with Crippen molar-refractivity contribution >= 4 is 5.91 Å². The lowest BCUT2D eigenvalue weighted by atomic mass is 10.0. The molecule has 1 rings (SSSR count). The number of nitrogens with one attached hydrogen (secondary N) is 2. The van der Waals surface area contributed by atoms with Crippen molar-refractivity contribution in [1.29, 1.82) is 0 Å². The highest BCUT2D eigenvalue weighted by Gasteiger charge is 2.29. The summed E-state index contributed by atoms with van der Waals surface area (Å²) in [5.41, 5.74) is 0. The van der Waals surface area contributed by atoms with E-state index < -0.39 is 0 Å². The maximum absolute atomic E-state index is 11.6. The monoisotopic (exact) mass is 182 g/mol. The molecule has 74 valence electrons. The van der Waals surface area contributed by atoms with Gasteiger partial charge in [-0.1, -0.05) is 6.08 Å². The number of hydrogen-bond acceptors (Lipinski definition) is 2. The van der Waals surface area contributed by atoms with Crippen LogP contribution in [0.3, 0.4) is 0 Å². The second kappa shape index (κ2) is 4.42. The molecular weight excluding hydrogens is 164 g/mol. The van der Waals surface area contributed by atoms with Gasteiger partial charge in [-0.3, -0.25) is 4.79 Å². The zero-order chi connectivity index (χ0) is 9.84. The zero-order valence-corrected chi connectivity index (χ0v) is 8.34. The molecule has 0 radical (unpaired) electrons. The van der Waals surface area contributed by atoms with Crippen LogP contribution in [0.4, 0.5) is 0 Å². The van der Waals surface area contributed by atoms with Gasteiger partial charge in [0.15, 0.2) is 0 Å². The molecular formula is C10H18N2O. The highest BCUT2D eigenvalue weighted by atomic mass is 16.2. The van der Waals surface area contributed by atoms with Crippen molar-refractivity contribution in [1.82, 2.24) is 10.6 Å². The first-order valence-corrected chi connectivity index (χ1v) is 4.81. The fourth-order valence-corrected chi connectivity index (χ4v) is 1.61. The number of amides is 1. The van der Waals surface area contributed by atoms with Crippen LogP contribution >= 0.6 is 0 Å². The van der Waals surface area contributed by atoms with Gasteiger partial charge in [0.25, 0.3) is 0 Å². The zero-order valence-electron chi connectivity index (χ0n) is 8.34. The first-order chi connectivity index (χ1) is 6.15. The summed E-state index contributed by atoms with van der Waals surface area (Å²) in [5, 5.41) is 6.16. The van der Waals surface area contributed by atoms with E-state index in [1.165, 1.54) is 0 Å². The molecule has 1 heterocycles. The van der Waals surface area contributed by atoms with E-state index in [-0.39, 0.29) is 17.9 Å². The van der Waals surface area contributed by atoms with Crippen LogP contribution < -0.4 is 10.6 Å². The van der Waals surface area contributed by atoms with Crippen LogP contribution in [0, 0.1) is 5.92 Å². The molecule has 1 amide bonds. The fraction of sp³-hybridized carbons (Fsp3) is 0.700. The molecule has 1 fully saturated rings. The summed E-state index contributed by atoms with van der Waals surface area (Å²) in [7, 11) is 0. The highest BCUT2D eigenvalue weighted by molar-refractivity contribution is 5.80. The van der Waals surface area contributed by atoms with Crippen LogP contribution in [-0.4, -0.2) is 24.5 Å². The van der Waals surface area contributed by atoms with Crippen molar-refractivity contribution in [3.63, 3.8) is 0 Å². The lowest BCUT2D eigenvalue weighted by Gasteiger charge is -2.17. The van der Waals surface area contributed by atoms with E-state index in [0.717, 1.165) is 13.0 Å². The topological polar surface area (TPSA) is 41.1 Å². The summed E-state index contributed by atoms with van der Waals surface area (Å²) in [5.74, 6) is 0.271. The van der Waals surface area contributed by atoms with Crippen LogP contribution in [0.5, 0.6) is 0 Å². The fourth-order valence-electron chi connectivity index (χ4n) is 1.61. The van der Waals surface area contributed by atoms with Gasteiger partial charge in [0.1, 0.15) is 0 Å². The SMILES string of the molecule is C=CC(C)NC(=O)C1CCNC1C. The van der Waals surface area contributed by atoms with Crippen LogP contribution in [-0.2, 0) is 4.79 Å². The second-order valence-electron chi connectivity index (χ2n) is 3.67. The smallest absolute Gasteiger partial charge is 0.225 e. The average Bonchev–Trinajstić information content (AvgIpc) is 2.51. The summed E-state index contributed by atoms with van der Waals surface area (Å²) < 4.78 is 0. The van der Waals surface area contributed by atoms with E-state index in [4.69, 9.17) is 0 Å². The Labute approximate surface area is 79.6 Å². The minimum absolute atomic E-state index is 0.0697. The van der Waals surface area contributed by atoms with E-state index in [0.29, 0.717) is 6.04 Å².